The van der Waals surface area contributed by atoms with Gasteiger partial charge in [0.25, 0.3) is 5.56 Å². The van der Waals surface area contributed by atoms with E-state index in [1.165, 1.54) is 4.68 Å². The van der Waals surface area contributed by atoms with E-state index in [4.69, 9.17) is 10.5 Å². The standard InChI is InChI=1S/C13H17N3O2/c1-8-4-5-9(2)11(6-8)16-13(17)12(14)10(15-16)7-18-3/h4-6,15H,7,14H2,1-3H3. The Morgan fingerprint density at radius 2 is 2.11 bits per heavy atom. The van der Waals surface area contributed by atoms with Crippen molar-refractivity contribution in [2.24, 2.45) is 0 Å². The van der Waals surface area contributed by atoms with Crippen molar-refractivity contribution in [2.75, 3.05) is 12.8 Å². The minimum Gasteiger partial charge on any atom is -0.393 e. The third-order valence-electron chi connectivity index (χ3n) is 2.90. The molecule has 5 nitrogen and oxygen atoms in total. The van der Waals surface area contributed by atoms with E-state index in [0.717, 1.165) is 16.8 Å². The molecular weight excluding hydrogens is 230 g/mol. The van der Waals surface area contributed by atoms with Gasteiger partial charge in [0, 0.05) is 7.11 Å². The summed E-state index contributed by atoms with van der Waals surface area (Å²) in [5.41, 5.74) is 9.25. The highest BCUT2D eigenvalue weighted by Gasteiger charge is 2.13. The van der Waals surface area contributed by atoms with Gasteiger partial charge in [-0.3, -0.25) is 9.89 Å². The van der Waals surface area contributed by atoms with Crippen molar-refractivity contribution in [1.82, 2.24) is 9.78 Å². The van der Waals surface area contributed by atoms with Gasteiger partial charge < -0.3 is 10.5 Å². The SMILES string of the molecule is COCc1[nH]n(-c2cc(C)ccc2C)c(=O)c1N. The molecule has 1 aromatic carbocycles. The summed E-state index contributed by atoms with van der Waals surface area (Å²) < 4.78 is 6.47. The number of anilines is 1. The van der Waals surface area contributed by atoms with E-state index in [9.17, 15) is 4.79 Å². The highest BCUT2D eigenvalue weighted by Crippen LogP contribution is 2.15. The molecular formula is C13H17N3O2. The Labute approximate surface area is 105 Å². The van der Waals surface area contributed by atoms with Crippen LogP contribution in [0.1, 0.15) is 16.8 Å². The second kappa shape index (κ2) is 4.70. The third-order valence-corrected chi connectivity index (χ3v) is 2.90. The predicted octanol–water partition coefficient (Wildman–Crippen LogP) is 1.51. The number of aryl methyl sites for hydroxylation is 2. The van der Waals surface area contributed by atoms with Crippen LogP contribution in [0.15, 0.2) is 23.0 Å². The van der Waals surface area contributed by atoms with Crippen LogP contribution >= 0.6 is 0 Å². The molecule has 2 rings (SSSR count). The minimum atomic E-state index is -0.240. The summed E-state index contributed by atoms with van der Waals surface area (Å²) in [7, 11) is 1.56. The number of hydrogen-bond donors (Lipinski definition) is 2. The average Bonchev–Trinajstić information content (AvgIpc) is 2.61. The highest BCUT2D eigenvalue weighted by atomic mass is 16.5. The van der Waals surface area contributed by atoms with Crippen molar-refractivity contribution in [3.8, 4) is 5.69 Å². The van der Waals surface area contributed by atoms with E-state index in [2.05, 4.69) is 5.10 Å². The van der Waals surface area contributed by atoms with Crippen molar-refractivity contribution < 1.29 is 4.74 Å². The summed E-state index contributed by atoms with van der Waals surface area (Å²) in [6.45, 7) is 4.23. The molecule has 0 amide bonds. The Kier molecular flexibility index (Phi) is 3.25. The van der Waals surface area contributed by atoms with Crippen molar-refractivity contribution in [1.29, 1.82) is 0 Å². The molecule has 5 heteroatoms. The van der Waals surface area contributed by atoms with Crippen molar-refractivity contribution in [3.05, 3.63) is 45.4 Å². The van der Waals surface area contributed by atoms with E-state index in [1.807, 2.05) is 32.0 Å². The topological polar surface area (TPSA) is 73.0 Å². The van der Waals surface area contributed by atoms with Gasteiger partial charge in [0.05, 0.1) is 18.0 Å². The van der Waals surface area contributed by atoms with E-state index < -0.39 is 0 Å². The van der Waals surface area contributed by atoms with Crippen LogP contribution in [0.4, 0.5) is 5.69 Å². The van der Waals surface area contributed by atoms with Gasteiger partial charge in [0.1, 0.15) is 5.69 Å². The lowest BCUT2D eigenvalue weighted by molar-refractivity contribution is 0.181. The number of nitrogens with one attached hydrogen (secondary N) is 1. The first-order chi connectivity index (χ1) is 8.54. The van der Waals surface area contributed by atoms with Crippen LogP contribution in [-0.2, 0) is 11.3 Å². The van der Waals surface area contributed by atoms with Gasteiger partial charge in [-0.1, -0.05) is 12.1 Å². The number of hydrogen-bond acceptors (Lipinski definition) is 3. The monoisotopic (exact) mass is 247 g/mol. The van der Waals surface area contributed by atoms with Crippen molar-refractivity contribution in [3.63, 3.8) is 0 Å². The number of aromatic nitrogens is 2. The third kappa shape index (κ3) is 2.04. The van der Waals surface area contributed by atoms with Crippen LogP contribution < -0.4 is 11.3 Å². The van der Waals surface area contributed by atoms with Gasteiger partial charge in [-0.2, -0.15) is 0 Å². The molecule has 0 radical (unpaired) electrons. The van der Waals surface area contributed by atoms with E-state index >= 15 is 0 Å². The Hall–Kier alpha value is -2.01. The molecule has 0 aliphatic heterocycles. The van der Waals surface area contributed by atoms with Gasteiger partial charge in [0.2, 0.25) is 0 Å². The first-order valence-electron chi connectivity index (χ1n) is 5.70. The van der Waals surface area contributed by atoms with E-state index in [0.29, 0.717) is 12.3 Å². The molecule has 0 saturated carbocycles. The fourth-order valence-electron chi connectivity index (χ4n) is 1.88. The second-order valence-electron chi connectivity index (χ2n) is 4.37. The average molecular weight is 247 g/mol. The van der Waals surface area contributed by atoms with Gasteiger partial charge in [-0.15, -0.1) is 0 Å². The smallest absolute Gasteiger partial charge is 0.294 e. The van der Waals surface area contributed by atoms with Crippen molar-refractivity contribution in [2.45, 2.75) is 20.5 Å². The summed E-state index contributed by atoms with van der Waals surface area (Å²) in [4.78, 5) is 12.1. The molecule has 96 valence electrons. The van der Waals surface area contributed by atoms with Gasteiger partial charge in [0.15, 0.2) is 0 Å². The van der Waals surface area contributed by atoms with Crippen LogP contribution in [0.2, 0.25) is 0 Å². The molecule has 0 unspecified atom stereocenters. The lowest BCUT2D eigenvalue weighted by Gasteiger charge is -2.07. The predicted molar refractivity (Wildman–Crippen MR) is 71.0 cm³/mol. The molecule has 0 atom stereocenters. The van der Waals surface area contributed by atoms with E-state index in [-0.39, 0.29) is 11.2 Å². The number of rotatable bonds is 3. The molecule has 1 aromatic heterocycles. The Bertz CT molecular complexity index is 626. The number of ether oxygens (including phenoxy) is 1. The molecule has 0 fully saturated rings. The molecule has 0 spiro atoms. The maximum Gasteiger partial charge on any atom is 0.294 e. The Balaban J connectivity index is 2.61. The largest absolute Gasteiger partial charge is 0.393 e. The molecule has 2 aromatic rings. The first kappa shape index (κ1) is 12.4. The number of methoxy groups -OCH3 is 1. The maximum absolute atomic E-state index is 12.1. The fraction of sp³-hybridized carbons (Fsp3) is 0.308. The Morgan fingerprint density at radius 1 is 1.39 bits per heavy atom. The summed E-state index contributed by atoms with van der Waals surface area (Å²) in [5.74, 6) is 0. The van der Waals surface area contributed by atoms with Crippen molar-refractivity contribution >= 4 is 5.69 Å². The summed E-state index contributed by atoms with van der Waals surface area (Å²) in [5, 5.41) is 2.99. The summed E-state index contributed by atoms with van der Waals surface area (Å²) in [6, 6.07) is 5.93. The molecule has 1 heterocycles. The highest BCUT2D eigenvalue weighted by molar-refractivity contribution is 5.48. The van der Waals surface area contributed by atoms with Crippen LogP contribution in [0.5, 0.6) is 0 Å². The zero-order chi connectivity index (χ0) is 13.3. The van der Waals surface area contributed by atoms with Gasteiger partial charge >= 0.3 is 0 Å². The van der Waals surface area contributed by atoms with Gasteiger partial charge in [-0.05, 0) is 31.0 Å². The number of aromatic amines is 1. The fourth-order valence-corrected chi connectivity index (χ4v) is 1.88. The van der Waals surface area contributed by atoms with Gasteiger partial charge in [-0.25, -0.2) is 4.68 Å². The molecule has 0 aliphatic rings. The lowest BCUT2D eigenvalue weighted by atomic mass is 10.1. The molecule has 0 bridgehead atoms. The quantitative estimate of drug-likeness (QED) is 0.863. The Morgan fingerprint density at radius 3 is 2.78 bits per heavy atom. The van der Waals surface area contributed by atoms with Crippen LogP contribution in [0, 0.1) is 13.8 Å². The molecule has 0 aliphatic carbocycles. The number of nitrogens with zero attached hydrogens (tertiary/aromatic N) is 1. The lowest BCUT2D eigenvalue weighted by Crippen LogP contribution is -2.17. The maximum atomic E-state index is 12.1. The number of nitrogens with two attached hydrogens (primary N) is 1. The zero-order valence-corrected chi connectivity index (χ0v) is 10.8. The molecule has 0 saturated heterocycles. The number of benzene rings is 1. The number of nitrogen functional groups attached to an aromatic ring is 1. The second-order valence-corrected chi connectivity index (χ2v) is 4.37. The molecule has 18 heavy (non-hydrogen) atoms. The first-order valence-corrected chi connectivity index (χ1v) is 5.70. The van der Waals surface area contributed by atoms with Crippen LogP contribution in [-0.4, -0.2) is 16.9 Å². The summed E-state index contributed by atoms with van der Waals surface area (Å²) >= 11 is 0. The van der Waals surface area contributed by atoms with Crippen LogP contribution in [0.3, 0.4) is 0 Å². The van der Waals surface area contributed by atoms with Crippen LogP contribution in [0.25, 0.3) is 5.69 Å². The minimum absolute atomic E-state index is 0.206. The number of H-pyrrole nitrogens is 1. The summed E-state index contributed by atoms with van der Waals surface area (Å²) in [6.07, 6.45) is 0. The normalized spacial score (nSPS) is 10.8. The molecule has 3 N–H and O–H groups in total. The van der Waals surface area contributed by atoms with E-state index in [1.54, 1.807) is 7.11 Å². The zero-order valence-electron chi connectivity index (χ0n) is 10.8.